The molecular weight excluding hydrogens is 260 g/mol. The van der Waals surface area contributed by atoms with Crippen LogP contribution < -0.4 is 4.74 Å². The molecule has 0 aliphatic rings. The Morgan fingerprint density at radius 1 is 1.28 bits per heavy atom. The van der Waals surface area contributed by atoms with E-state index in [1.807, 2.05) is 0 Å². The fraction of sp³-hybridized carbons (Fsp3) is 0. The Hall–Kier alpha value is -2.34. The van der Waals surface area contributed by atoms with Crippen LogP contribution in [0.15, 0.2) is 30.6 Å². The van der Waals surface area contributed by atoms with E-state index in [0.29, 0.717) is 5.02 Å². The van der Waals surface area contributed by atoms with Crippen molar-refractivity contribution in [3.63, 3.8) is 0 Å². The fourth-order valence-corrected chi connectivity index (χ4v) is 1.40. The molecule has 0 atom stereocenters. The van der Waals surface area contributed by atoms with Crippen LogP contribution in [0.3, 0.4) is 0 Å². The van der Waals surface area contributed by atoms with Crippen LogP contribution in [0, 0.1) is 0 Å². The number of rotatable bonds is 3. The van der Waals surface area contributed by atoms with Crippen LogP contribution in [0.2, 0.25) is 5.02 Å². The number of aromatic nitrogens is 2. The van der Waals surface area contributed by atoms with E-state index in [2.05, 4.69) is 9.97 Å². The van der Waals surface area contributed by atoms with Gasteiger partial charge in [0.15, 0.2) is 11.4 Å². The minimum atomic E-state index is -1.31. The predicted molar refractivity (Wildman–Crippen MR) is 62.0 cm³/mol. The lowest BCUT2D eigenvalue weighted by molar-refractivity contribution is 0.0661. The minimum absolute atomic E-state index is 0.211. The molecule has 0 bridgehead atoms. The molecule has 0 fully saturated rings. The van der Waals surface area contributed by atoms with Crippen molar-refractivity contribution in [2.45, 2.75) is 0 Å². The van der Waals surface area contributed by atoms with Crippen LogP contribution in [0.25, 0.3) is 0 Å². The van der Waals surface area contributed by atoms with E-state index >= 15 is 0 Å². The molecule has 0 saturated heterocycles. The van der Waals surface area contributed by atoms with Crippen LogP contribution >= 0.6 is 11.6 Å². The molecule has 92 valence electrons. The summed E-state index contributed by atoms with van der Waals surface area (Å²) in [6.45, 7) is 0. The lowest BCUT2D eigenvalue weighted by Gasteiger charge is -2.03. The third kappa shape index (κ3) is 2.49. The topological polar surface area (TPSA) is 92.3 Å². The Morgan fingerprint density at radius 3 is 2.56 bits per heavy atom. The molecule has 7 heteroatoms. The molecule has 0 radical (unpaired) electrons. The molecule has 2 aromatic rings. The first-order valence-corrected chi connectivity index (χ1v) is 5.20. The Balaban J connectivity index is 2.19. The molecule has 0 amide bonds. The number of aromatic carboxylic acids is 1. The summed E-state index contributed by atoms with van der Waals surface area (Å²) in [5, 5.41) is 9.30. The summed E-state index contributed by atoms with van der Waals surface area (Å²) >= 11 is 5.68. The van der Waals surface area contributed by atoms with Gasteiger partial charge >= 0.3 is 11.9 Å². The average Bonchev–Trinajstić information content (AvgIpc) is 2.81. The Labute approximate surface area is 106 Å². The fourth-order valence-electron chi connectivity index (χ4n) is 1.27. The first-order chi connectivity index (χ1) is 8.58. The summed E-state index contributed by atoms with van der Waals surface area (Å²) in [5.41, 5.74) is -0.591. The largest absolute Gasteiger partial charge is 0.476 e. The van der Waals surface area contributed by atoms with Crippen LogP contribution in [0.5, 0.6) is 5.75 Å². The van der Waals surface area contributed by atoms with Crippen molar-refractivity contribution in [1.82, 2.24) is 9.97 Å². The second-order valence-corrected chi connectivity index (χ2v) is 3.71. The number of nitrogens with zero attached hydrogens (tertiary/aromatic N) is 1. The number of halogens is 1. The molecule has 0 spiro atoms. The van der Waals surface area contributed by atoms with Gasteiger partial charge in [0.2, 0.25) is 0 Å². The maximum absolute atomic E-state index is 11.7. The number of H-pyrrole nitrogens is 1. The summed E-state index contributed by atoms with van der Waals surface area (Å²) in [6, 6.07) is 6.10. The molecule has 1 heterocycles. The average molecular weight is 267 g/mol. The highest BCUT2D eigenvalue weighted by Crippen LogP contribution is 2.17. The number of nitrogens with one attached hydrogen (secondary N) is 1. The molecule has 1 aromatic carbocycles. The van der Waals surface area contributed by atoms with Gasteiger partial charge in [0.1, 0.15) is 5.75 Å². The Kier molecular flexibility index (Phi) is 3.29. The molecule has 0 saturated carbocycles. The number of carboxylic acids is 1. The summed E-state index contributed by atoms with van der Waals surface area (Å²) < 4.78 is 4.97. The van der Waals surface area contributed by atoms with Gasteiger partial charge in [-0.05, 0) is 24.3 Å². The number of esters is 1. The minimum Gasteiger partial charge on any atom is -0.476 e. The third-order valence-electron chi connectivity index (χ3n) is 2.07. The summed E-state index contributed by atoms with van der Waals surface area (Å²) in [7, 11) is 0. The van der Waals surface area contributed by atoms with Crippen LogP contribution in [0.4, 0.5) is 0 Å². The molecular formula is C11H7ClN2O4. The second-order valence-electron chi connectivity index (χ2n) is 3.27. The van der Waals surface area contributed by atoms with Crippen molar-refractivity contribution < 1.29 is 19.4 Å². The SMILES string of the molecule is O=C(O)c1nc[nH]c1C(=O)Oc1ccc(Cl)cc1. The highest BCUT2D eigenvalue weighted by molar-refractivity contribution is 6.30. The maximum Gasteiger partial charge on any atom is 0.362 e. The highest BCUT2D eigenvalue weighted by Gasteiger charge is 2.21. The quantitative estimate of drug-likeness (QED) is 0.654. The van der Waals surface area contributed by atoms with Gasteiger partial charge in [-0.15, -0.1) is 0 Å². The molecule has 1 aromatic heterocycles. The molecule has 2 rings (SSSR count). The van der Waals surface area contributed by atoms with Crippen molar-refractivity contribution in [2.24, 2.45) is 0 Å². The van der Waals surface area contributed by atoms with Gasteiger partial charge in [-0.1, -0.05) is 11.6 Å². The molecule has 2 N–H and O–H groups in total. The standard InChI is InChI=1S/C11H7ClN2O4/c12-6-1-3-7(4-2-6)18-11(17)9-8(10(15)16)13-5-14-9/h1-5H,(H,13,14)(H,15,16). The Bertz CT molecular complexity index is 591. The zero-order valence-electron chi connectivity index (χ0n) is 8.88. The van der Waals surface area contributed by atoms with Gasteiger partial charge in [-0.2, -0.15) is 0 Å². The zero-order chi connectivity index (χ0) is 13.1. The normalized spacial score (nSPS) is 10.1. The number of hydrogen-bond acceptors (Lipinski definition) is 4. The number of ether oxygens (including phenoxy) is 1. The van der Waals surface area contributed by atoms with E-state index in [0.717, 1.165) is 6.33 Å². The van der Waals surface area contributed by atoms with Gasteiger partial charge < -0.3 is 14.8 Å². The summed E-state index contributed by atoms with van der Waals surface area (Å²) in [6.07, 6.45) is 1.11. The third-order valence-corrected chi connectivity index (χ3v) is 2.32. The summed E-state index contributed by atoms with van der Waals surface area (Å²) in [4.78, 5) is 28.4. The Morgan fingerprint density at radius 2 is 1.94 bits per heavy atom. The lowest BCUT2D eigenvalue weighted by Crippen LogP contribution is -2.14. The highest BCUT2D eigenvalue weighted by atomic mass is 35.5. The monoisotopic (exact) mass is 266 g/mol. The van der Waals surface area contributed by atoms with Crippen LogP contribution in [-0.4, -0.2) is 27.0 Å². The van der Waals surface area contributed by atoms with Crippen molar-refractivity contribution in [1.29, 1.82) is 0 Å². The van der Waals surface area contributed by atoms with Crippen molar-refractivity contribution in [2.75, 3.05) is 0 Å². The number of carbonyl (C=O) groups excluding carboxylic acids is 1. The number of carboxylic acid groups (broad SMARTS) is 1. The van der Waals surface area contributed by atoms with E-state index in [-0.39, 0.29) is 17.1 Å². The van der Waals surface area contributed by atoms with Gasteiger partial charge in [0.25, 0.3) is 0 Å². The van der Waals surface area contributed by atoms with E-state index in [4.69, 9.17) is 21.4 Å². The lowest BCUT2D eigenvalue weighted by atomic mass is 10.3. The zero-order valence-corrected chi connectivity index (χ0v) is 9.64. The predicted octanol–water partition coefficient (Wildman–Crippen LogP) is 1.98. The van der Waals surface area contributed by atoms with Gasteiger partial charge in [-0.25, -0.2) is 14.6 Å². The number of imidazole rings is 1. The number of hydrogen-bond donors (Lipinski definition) is 2. The van der Waals surface area contributed by atoms with Crippen molar-refractivity contribution in [3.05, 3.63) is 47.0 Å². The smallest absolute Gasteiger partial charge is 0.362 e. The van der Waals surface area contributed by atoms with Gasteiger partial charge in [-0.3, -0.25) is 0 Å². The van der Waals surface area contributed by atoms with Crippen molar-refractivity contribution in [3.8, 4) is 5.75 Å². The van der Waals surface area contributed by atoms with E-state index in [1.54, 1.807) is 12.1 Å². The maximum atomic E-state index is 11.7. The molecule has 0 unspecified atom stereocenters. The summed E-state index contributed by atoms with van der Waals surface area (Å²) in [5.74, 6) is -1.87. The molecule has 0 aliphatic carbocycles. The van der Waals surface area contributed by atoms with E-state index in [9.17, 15) is 9.59 Å². The number of benzene rings is 1. The number of aromatic amines is 1. The number of carbonyl (C=O) groups is 2. The van der Waals surface area contributed by atoms with Gasteiger partial charge in [0, 0.05) is 5.02 Å². The first-order valence-electron chi connectivity index (χ1n) is 4.82. The second kappa shape index (κ2) is 4.89. The van der Waals surface area contributed by atoms with Crippen LogP contribution in [-0.2, 0) is 0 Å². The molecule has 6 nitrogen and oxygen atoms in total. The van der Waals surface area contributed by atoms with Crippen LogP contribution in [0.1, 0.15) is 21.0 Å². The van der Waals surface area contributed by atoms with Crippen molar-refractivity contribution >= 4 is 23.5 Å². The molecule has 18 heavy (non-hydrogen) atoms. The van der Waals surface area contributed by atoms with Gasteiger partial charge in [0.05, 0.1) is 6.33 Å². The first kappa shape index (κ1) is 12.1. The van der Waals surface area contributed by atoms with E-state index < -0.39 is 11.9 Å². The van der Waals surface area contributed by atoms with E-state index in [1.165, 1.54) is 12.1 Å². The molecule has 0 aliphatic heterocycles.